The lowest BCUT2D eigenvalue weighted by Gasteiger charge is -2.49. The third-order valence-electron chi connectivity index (χ3n) is 5.31. The van der Waals surface area contributed by atoms with Crippen LogP contribution in [0.1, 0.15) is 12.6 Å². The molecular weight excluding hydrogens is 496 g/mol. The summed E-state index contributed by atoms with van der Waals surface area (Å²) < 4.78 is 7.73. The standard InChI is InChI=1S/C21H22N6O6S2/c1-3-26-6-4-5-12(7-26)33-8-11-9-34-19-15(18(29)27(19)16(11)20(30)31)24-17(28)14(25-32-2)13-10-35-21(22)23-13/h4-7,10,15,19H,3,8-9H2,1-2H3,(H3-,22,23,24,28,30,31)/p+1/b25-14-/t15-,19-/m1/s1. The Kier molecular flexibility index (Phi) is 7.21. The Morgan fingerprint density at radius 2 is 2.26 bits per heavy atom. The molecule has 35 heavy (non-hydrogen) atoms. The molecular formula is C21H23N6O6S2+. The highest BCUT2D eigenvalue weighted by molar-refractivity contribution is 8.00. The van der Waals surface area contributed by atoms with Crippen molar-refractivity contribution >= 4 is 51.7 Å². The number of aromatic nitrogens is 2. The fourth-order valence-corrected chi connectivity index (χ4v) is 5.52. The number of thiazole rings is 1. The summed E-state index contributed by atoms with van der Waals surface area (Å²) in [6, 6.07) is 2.69. The maximum absolute atomic E-state index is 12.9. The number of pyridine rings is 1. The summed E-state index contributed by atoms with van der Waals surface area (Å²) in [7, 11) is 1.28. The first kappa shape index (κ1) is 24.5. The molecule has 2 aliphatic rings. The monoisotopic (exact) mass is 519 g/mol. The molecule has 2 amide bonds. The molecule has 14 heteroatoms. The SMILES string of the molecule is CC[n+]1cccc(OCC2=C(C(=O)O)N3C(=O)[C@@H](NC(=O)/C(=N\OC)c4csc(N)n4)[C@H]3SC2)c1. The second-order valence-electron chi connectivity index (χ2n) is 7.47. The highest BCUT2D eigenvalue weighted by atomic mass is 32.2. The quantitative estimate of drug-likeness (QED) is 0.182. The number of nitrogens with two attached hydrogens (primary N) is 1. The maximum Gasteiger partial charge on any atom is 0.352 e. The largest absolute Gasteiger partial charge is 0.483 e. The average Bonchev–Trinajstić information content (AvgIpc) is 3.29. The predicted octanol–water partition coefficient (Wildman–Crippen LogP) is 0.201. The highest BCUT2D eigenvalue weighted by Gasteiger charge is 2.54. The number of carbonyl (C=O) groups excluding carboxylic acids is 2. The van der Waals surface area contributed by atoms with E-state index in [4.69, 9.17) is 15.3 Å². The van der Waals surface area contributed by atoms with E-state index in [1.54, 1.807) is 11.4 Å². The van der Waals surface area contributed by atoms with Crippen LogP contribution >= 0.6 is 23.1 Å². The molecule has 2 aliphatic heterocycles. The molecule has 4 rings (SSSR count). The molecule has 184 valence electrons. The topological polar surface area (TPSA) is 160 Å². The second kappa shape index (κ2) is 10.3. The number of nitrogens with zero attached hydrogens (tertiary/aromatic N) is 4. The first-order chi connectivity index (χ1) is 16.8. The lowest BCUT2D eigenvalue weighted by atomic mass is 10.0. The van der Waals surface area contributed by atoms with Crippen LogP contribution in [0.3, 0.4) is 0 Å². The number of anilines is 1. The fraction of sp³-hybridized carbons (Fsp3) is 0.333. The number of amides is 2. The number of ether oxygens (including phenoxy) is 1. The van der Waals surface area contributed by atoms with E-state index >= 15 is 0 Å². The van der Waals surface area contributed by atoms with Gasteiger partial charge in [-0.05, 0) is 13.0 Å². The first-order valence-electron chi connectivity index (χ1n) is 10.5. The van der Waals surface area contributed by atoms with Gasteiger partial charge in [-0.2, -0.15) is 0 Å². The van der Waals surface area contributed by atoms with Crippen molar-refractivity contribution in [1.82, 2.24) is 15.2 Å². The first-order valence-corrected chi connectivity index (χ1v) is 12.4. The number of fused-ring (bicyclic) bond motifs is 1. The van der Waals surface area contributed by atoms with Gasteiger partial charge in [0.1, 0.15) is 43.1 Å². The minimum absolute atomic E-state index is 0.0196. The Labute approximate surface area is 208 Å². The number of rotatable bonds is 9. The second-order valence-corrected chi connectivity index (χ2v) is 9.47. The number of carboxylic acids is 1. The van der Waals surface area contributed by atoms with Crippen molar-refractivity contribution in [3.8, 4) is 5.75 Å². The molecule has 12 nitrogen and oxygen atoms in total. The molecule has 1 saturated heterocycles. The molecule has 0 aliphatic carbocycles. The number of nitrogen functional groups attached to an aromatic ring is 1. The van der Waals surface area contributed by atoms with Crippen molar-refractivity contribution < 1.29 is 33.6 Å². The number of hydrogen-bond donors (Lipinski definition) is 3. The van der Waals surface area contributed by atoms with E-state index in [0.717, 1.165) is 17.9 Å². The van der Waals surface area contributed by atoms with Crippen molar-refractivity contribution in [2.45, 2.75) is 24.9 Å². The van der Waals surface area contributed by atoms with Crippen molar-refractivity contribution in [2.75, 3.05) is 25.2 Å². The Bertz CT molecular complexity index is 1230. The zero-order valence-electron chi connectivity index (χ0n) is 18.8. The van der Waals surface area contributed by atoms with Crippen LogP contribution in [0.4, 0.5) is 5.13 Å². The van der Waals surface area contributed by atoms with Crippen LogP contribution in [0.5, 0.6) is 5.75 Å². The summed E-state index contributed by atoms with van der Waals surface area (Å²) in [6.07, 6.45) is 3.71. The van der Waals surface area contributed by atoms with Gasteiger partial charge in [0.15, 0.2) is 22.8 Å². The van der Waals surface area contributed by atoms with Crippen LogP contribution in [0.25, 0.3) is 0 Å². The molecule has 0 saturated carbocycles. The molecule has 0 spiro atoms. The van der Waals surface area contributed by atoms with Crippen molar-refractivity contribution in [2.24, 2.45) is 5.16 Å². The van der Waals surface area contributed by atoms with E-state index < -0.39 is 29.2 Å². The predicted molar refractivity (Wildman–Crippen MR) is 128 cm³/mol. The van der Waals surface area contributed by atoms with Crippen LogP contribution in [-0.4, -0.2) is 69.4 Å². The number of carbonyl (C=O) groups is 3. The van der Waals surface area contributed by atoms with Crippen LogP contribution in [0.15, 0.2) is 46.3 Å². The van der Waals surface area contributed by atoms with Gasteiger partial charge in [0.05, 0.1) is 0 Å². The van der Waals surface area contributed by atoms with Crippen molar-refractivity contribution in [3.63, 3.8) is 0 Å². The Morgan fingerprint density at radius 1 is 1.46 bits per heavy atom. The molecule has 1 fully saturated rings. The summed E-state index contributed by atoms with van der Waals surface area (Å²) in [5.74, 6) is -1.54. The number of aryl methyl sites for hydroxylation is 1. The van der Waals surface area contributed by atoms with Crippen LogP contribution in [0.2, 0.25) is 0 Å². The Morgan fingerprint density at radius 3 is 2.91 bits per heavy atom. The van der Waals surface area contributed by atoms with Gasteiger partial charge in [0, 0.05) is 22.8 Å². The maximum atomic E-state index is 12.9. The zero-order valence-corrected chi connectivity index (χ0v) is 20.5. The summed E-state index contributed by atoms with van der Waals surface area (Å²) in [4.78, 5) is 47.8. The number of nitrogens with one attached hydrogen (secondary N) is 1. The van der Waals surface area contributed by atoms with Gasteiger partial charge in [0.25, 0.3) is 11.8 Å². The van der Waals surface area contributed by atoms with E-state index in [1.165, 1.54) is 23.8 Å². The molecule has 2 aromatic heterocycles. The van der Waals surface area contributed by atoms with Crippen molar-refractivity contribution in [3.05, 3.63) is 46.9 Å². The summed E-state index contributed by atoms with van der Waals surface area (Å²) in [5, 5.41) is 17.4. The highest BCUT2D eigenvalue weighted by Crippen LogP contribution is 2.40. The minimum atomic E-state index is -1.23. The Balaban J connectivity index is 1.48. The van der Waals surface area contributed by atoms with Gasteiger partial charge >= 0.3 is 5.97 Å². The van der Waals surface area contributed by atoms with Crippen LogP contribution in [-0.2, 0) is 25.8 Å². The average molecular weight is 520 g/mol. The molecule has 4 N–H and O–H groups in total. The summed E-state index contributed by atoms with van der Waals surface area (Å²) in [5.41, 5.74) is 6.06. The summed E-state index contributed by atoms with van der Waals surface area (Å²) >= 11 is 2.47. The lowest BCUT2D eigenvalue weighted by Crippen LogP contribution is -2.71. The van der Waals surface area contributed by atoms with E-state index in [9.17, 15) is 19.5 Å². The Hall–Kier alpha value is -3.65. The molecule has 0 unspecified atom stereocenters. The van der Waals surface area contributed by atoms with Gasteiger partial charge in [-0.15, -0.1) is 23.1 Å². The summed E-state index contributed by atoms with van der Waals surface area (Å²) in [6.45, 7) is 2.78. The van der Waals surface area contributed by atoms with E-state index in [1.807, 2.05) is 30.0 Å². The van der Waals surface area contributed by atoms with Crippen LogP contribution in [0, 0.1) is 0 Å². The fourth-order valence-electron chi connectivity index (χ4n) is 3.65. The van der Waals surface area contributed by atoms with Gasteiger partial charge in [-0.3, -0.25) is 14.5 Å². The molecule has 0 bridgehead atoms. The molecule has 0 aromatic carbocycles. The molecule has 0 radical (unpaired) electrons. The minimum Gasteiger partial charge on any atom is -0.483 e. The third kappa shape index (κ3) is 4.93. The number of hydrogen-bond acceptors (Lipinski definition) is 10. The zero-order chi connectivity index (χ0) is 25.1. The molecule has 2 atom stereocenters. The molecule has 4 heterocycles. The van der Waals surface area contributed by atoms with Gasteiger partial charge < -0.3 is 25.7 Å². The van der Waals surface area contributed by atoms with Crippen LogP contribution < -0.4 is 20.4 Å². The lowest BCUT2D eigenvalue weighted by molar-refractivity contribution is -0.693. The van der Waals surface area contributed by atoms with E-state index in [2.05, 4.69) is 15.5 Å². The number of aliphatic carboxylic acids is 1. The van der Waals surface area contributed by atoms with Gasteiger partial charge in [0.2, 0.25) is 6.20 Å². The normalized spacial score (nSPS) is 19.7. The van der Waals surface area contributed by atoms with Gasteiger partial charge in [-0.1, -0.05) is 5.16 Å². The number of carboxylic acid groups (broad SMARTS) is 1. The van der Waals surface area contributed by atoms with Gasteiger partial charge in [-0.25, -0.2) is 14.3 Å². The number of β-lactam (4-membered cyclic amide) rings is 1. The molecule has 2 aromatic rings. The van der Waals surface area contributed by atoms with Crippen molar-refractivity contribution in [1.29, 1.82) is 0 Å². The number of thioether (sulfide) groups is 1. The number of oxime groups is 1. The van der Waals surface area contributed by atoms with E-state index in [-0.39, 0.29) is 28.8 Å². The third-order valence-corrected chi connectivity index (χ3v) is 7.32. The van der Waals surface area contributed by atoms with E-state index in [0.29, 0.717) is 17.1 Å². The smallest absolute Gasteiger partial charge is 0.352 e.